The van der Waals surface area contributed by atoms with Crippen LogP contribution in [0.2, 0.25) is 0 Å². The molecule has 0 aliphatic heterocycles. The number of hydrogen-bond donors (Lipinski definition) is 2. The molecule has 6 heteroatoms. The Bertz CT molecular complexity index is 712. The molecule has 0 bridgehead atoms. The second-order valence-electron chi connectivity index (χ2n) is 4.43. The average molecular weight is 294 g/mol. The number of anilines is 1. The van der Waals surface area contributed by atoms with Gasteiger partial charge < -0.3 is 5.73 Å². The third-order valence-electron chi connectivity index (χ3n) is 2.85. The summed E-state index contributed by atoms with van der Waals surface area (Å²) in [6.45, 7) is 1.88. The van der Waals surface area contributed by atoms with Gasteiger partial charge in [-0.15, -0.1) is 0 Å². The van der Waals surface area contributed by atoms with Gasteiger partial charge in [-0.1, -0.05) is 17.7 Å². The molecule has 0 heterocycles. The average Bonchev–Trinajstić information content (AvgIpc) is 2.41. The Labute approximate surface area is 117 Å². The predicted octanol–water partition coefficient (Wildman–Crippen LogP) is 2.39. The van der Waals surface area contributed by atoms with Crippen molar-refractivity contribution in [1.29, 1.82) is 0 Å². The number of nitrogens with two attached hydrogens (primary N) is 1. The van der Waals surface area contributed by atoms with Gasteiger partial charge in [-0.3, -0.25) is 4.72 Å². The fourth-order valence-corrected chi connectivity index (χ4v) is 2.78. The first-order chi connectivity index (χ1) is 9.42. The number of nitrogens with one attached hydrogen (secondary N) is 1. The van der Waals surface area contributed by atoms with E-state index in [0.29, 0.717) is 0 Å². The number of aryl methyl sites for hydroxylation is 1. The van der Waals surface area contributed by atoms with Crippen LogP contribution in [0.3, 0.4) is 0 Å². The van der Waals surface area contributed by atoms with Crippen molar-refractivity contribution in [3.05, 3.63) is 59.4 Å². The van der Waals surface area contributed by atoms with E-state index in [0.717, 1.165) is 5.56 Å². The summed E-state index contributed by atoms with van der Waals surface area (Å²) < 4.78 is 40.0. The number of sulfonamides is 1. The number of hydrogen-bond acceptors (Lipinski definition) is 3. The SMILES string of the molecule is Cc1ccc(S(=O)(=O)Nc2ccc(F)c(CN)c2)cc1. The summed E-state index contributed by atoms with van der Waals surface area (Å²) in [5.74, 6) is -0.453. The van der Waals surface area contributed by atoms with Gasteiger partial charge in [0.1, 0.15) is 5.82 Å². The van der Waals surface area contributed by atoms with E-state index < -0.39 is 15.8 Å². The lowest BCUT2D eigenvalue weighted by Gasteiger charge is -2.10. The molecule has 0 spiro atoms. The minimum Gasteiger partial charge on any atom is -0.326 e. The Morgan fingerprint density at radius 3 is 2.40 bits per heavy atom. The smallest absolute Gasteiger partial charge is 0.261 e. The van der Waals surface area contributed by atoms with E-state index in [9.17, 15) is 12.8 Å². The van der Waals surface area contributed by atoms with Crippen molar-refractivity contribution in [2.75, 3.05) is 4.72 Å². The maximum Gasteiger partial charge on any atom is 0.261 e. The summed E-state index contributed by atoms with van der Waals surface area (Å²) in [7, 11) is -3.68. The first kappa shape index (κ1) is 14.5. The topological polar surface area (TPSA) is 72.2 Å². The highest BCUT2D eigenvalue weighted by atomic mass is 32.2. The van der Waals surface area contributed by atoms with Crippen molar-refractivity contribution in [3.8, 4) is 0 Å². The van der Waals surface area contributed by atoms with Gasteiger partial charge in [0, 0.05) is 17.8 Å². The molecule has 0 radical (unpaired) electrons. The summed E-state index contributed by atoms with van der Waals surface area (Å²) >= 11 is 0. The molecule has 0 atom stereocenters. The van der Waals surface area contributed by atoms with E-state index in [-0.39, 0.29) is 22.7 Å². The first-order valence-corrected chi connectivity index (χ1v) is 7.48. The summed E-state index contributed by atoms with van der Waals surface area (Å²) in [6.07, 6.45) is 0. The van der Waals surface area contributed by atoms with Gasteiger partial charge in [-0.2, -0.15) is 0 Å². The highest BCUT2D eigenvalue weighted by molar-refractivity contribution is 7.92. The Morgan fingerprint density at radius 1 is 1.15 bits per heavy atom. The molecule has 0 amide bonds. The molecule has 3 N–H and O–H groups in total. The van der Waals surface area contributed by atoms with E-state index in [4.69, 9.17) is 5.73 Å². The van der Waals surface area contributed by atoms with E-state index >= 15 is 0 Å². The monoisotopic (exact) mass is 294 g/mol. The molecule has 0 fully saturated rings. The molecular weight excluding hydrogens is 279 g/mol. The van der Waals surface area contributed by atoms with Crippen molar-refractivity contribution in [2.24, 2.45) is 5.73 Å². The van der Waals surface area contributed by atoms with Crippen LogP contribution in [-0.4, -0.2) is 8.42 Å². The molecule has 20 heavy (non-hydrogen) atoms. The number of rotatable bonds is 4. The standard InChI is InChI=1S/C14H15FN2O2S/c1-10-2-5-13(6-3-10)20(18,19)17-12-4-7-14(15)11(8-12)9-16/h2-8,17H,9,16H2,1H3. The zero-order chi connectivity index (χ0) is 14.8. The quantitative estimate of drug-likeness (QED) is 0.909. The molecule has 0 aliphatic carbocycles. The maximum atomic E-state index is 13.3. The highest BCUT2D eigenvalue weighted by Crippen LogP contribution is 2.19. The fraction of sp³-hybridized carbons (Fsp3) is 0.143. The Balaban J connectivity index is 2.30. The normalized spacial score (nSPS) is 11.3. The van der Waals surface area contributed by atoms with Crippen LogP contribution >= 0.6 is 0 Å². The lowest BCUT2D eigenvalue weighted by Crippen LogP contribution is -2.13. The van der Waals surface area contributed by atoms with E-state index in [1.165, 1.54) is 30.3 Å². The van der Waals surface area contributed by atoms with Crippen LogP contribution in [0.1, 0.15) is 11.1 Å². The molecule has 0 saturated heterocycles. The summed E-state index contributed by atoms with van der Waals surface area (Å²) in [5, 5.41) is 0. The van der Waals surface area contributed by atoms with Crippen LogP contribution in [0.5, 0.6) is 0 Å². The molecule has 0 unspecified atom stereocenters. The van der Waals surface area contributed by atoms with E-state index in [2.05, 4.69) is 4.72 Å². The van der Waals surface area contributed by atoms with Gasteiger partial charge >= 0.3 is 0 Å². The Morgan fingerprint density at radius 2 is 1.80 bits per heavy atom. The zero-order valence-corrected chi connectivity index (χ0v) is 11.7. The molecule has 4 nitrogen and oxygen atoms in total. The summed E-state index contributed by atoms with van der Waals surface area (Å²) in [5.41, 5.74) is 6.91. The Kier molecular flexibility index (Phi) is 4.06. The van der Waals surface area contributed by atoms with Crippen LogP contribution < -0.4 is 10.5 Å². The number of halogens is 1. The third kappa shape index (κ3) is 3.15. The molecule has 0 aliphatic rings. The van der Waals surface area contributed by atoms with Crippen molar-refractivity contribution in [2.45, 2.75) is 18.4 Å². The lowest BCUT2D eigenvalue weighted by atomic mass is 10.2. The van der Waals surface area contributed by atoms with Crippen molar-refractivity contribution in [3.63, 3.8) is 0 Å². The van der Waals surface area contributed by atoms with Crippen LogP contribution in [-0.2, 0) is 16.6 Å². The van der Waals surface area contributed by atoms with Crippen LogP contribution in [0.15, 0.2) is 47.4 Å². The molecule has 0 saturated carbocycles. The van der Waals surface area contributed by atoms with Gasteiger partial charge in [0.05, 0.1) is 4.90 Å². The first-order valence-electron chi connectivity index (χ1n) is 6.00. The van der Waals surface area contributed by atoms with Gasteiger partial charge in [0.25, 0.3) is 10.0 Å². The number of benzene rings is 2. The van der Waals surface area contributed by atoms with E-state index in [1.807, 2.05) is 6.92 Å². The van der Waals surface area contributed by atoms with Crippen LogP contribution in [0.4, 0.5) is 10.1 Å². The molecule has 2 rings (SSSR count). The minimum absolute atomic E-state index is 0.00589. The second kappa shape index (κ2) is 5.60. The minimum atomic E-state index is -3.68. The van der Waals surface area contributed by atoms with Gasteiger partial charge in [-0.05, 0) is 37.3 Å². The largest absolute Gasteiger partial charge is 0.326 e. The van der Waals surface area contributed by atoms with Crippen molar-refractivity contribution < 1.29 is 12.8 Å². The highest BCUT2D eigenvalue weighted by Gasteiger charge is 2.14. The van der Waals surface area contributed by atoms with Crippen molar-refractivity contribution in [1.82, 2.24) is 0 Å². The zero-order valence-electron chi connectivity index (χ0n) is 10.9. The van der Waals surface area contributed by atoms with Crippen molar-refractivity contribution >= 4 is 15.7 Å². The summed E-state index contributed by atoms with van der Waals surface area (Å²) in [6, 6.07) is 10.4. The molecule has 2 aromatic carbocycles. The fourth-order valence-electron chi connectivity index (χ4n) is 1.73. The van der Waals surface area contributed by atoms with E-state index in [1.54, 1.807) is 12.1 Å². The molecule has 0 aromatic heterocycles. The Hall–Kier alpha value is -1.92. The summed E-state index contributed by atoms with van der Waals surface area (Å²) in [4.78, 5) is 0.154. The van der Waals surface area contributed by atoms with Crippen LogP contribution in [0, 0.1) is 12.7 Å². The maximum absolute atomic E-state index is 13.3. The van der Waals surface area contributed by atoms with Gasteiger partial charge in [-0.25, -0.2) is 12.8 Å². The lowest BCUT2D eigenvalue weighted by molar-refractivity contribution is 0.600. The molecular formula is C14H15FN2O2S. The second-order valence-corrected chi connectivity index (χ2v) is 6.11. The third-order valence-corrected chi connectivity index (χ3v) is 4.25. The van der Waals surface area contributed by atoms with Crippen LogP contribution in [0.25, 0.3) is 0 Å². The van der Waals surface area contributed by atoms with Gasteiger partial charge in [0.15, 0.2) is 0 Å². The molecule has 106 valence electrons. The molecule has 2 aromatic rings. The van der Waals surface area contributed by atoms with Gasteiger partial charge in [0.2, 0.25) is 0 Å². The predicted molar refractivity (Wildman–Crippen MR) is 76.3 cm³/mol.